The zero-order valence-corrected chi connectivity index (χ0v) is 12.6. The van der Waals surface area contributed by atoms with Gasteiger partial charge in [0.15, 0.2) is 0 Å². The molecule has 1 heterocycles. The molecule has 1 aliphatic heterocycles. The minimum Gasteiger partial charge on any atom is -0.481 e. The first-order valence-electron chi connectivity index (χ1n) is 6.36. The molecule has 1 saturated heterocycles. The first-order chi connectivity index (χ1) is 9.90. The maximum Gasteiger partial charge on any atom is 0.308 e. The van der Waals surface area contributed by atoms with Gasteiger partial charge >= 0.3 is 5.97 Å². The van der Waals surface area contributed by atoms with E-state index < -0.39 is 16.8 Å². The van der Waals surface area contributed by atoms with Crippen LogP contribution in [0, 0.1) is 16.0 Å². The topological polar surface area (TPSA) is 101 Å². The number of piperidine rings is 1. The Morgan fingerprint density at radius 2 is 2.14 bits per heavy atom. The molecule has 0 spiro atoms. The highest BCUT2D eigenvalue weighted by Crippen LogP contribution is 2.27. The summed E-state index contributed by atoms with van der Waals surface area (Å²) in [4.78, 5) is 35.1. The van der Waals surface area contributed by atoms with Crippen molar-refractivity contribution in [3.8, 4) is 0 Å². The van der Waals surface area contributed by atoms with Crippen molar-refractivity contribution < 1.29 is 19.6 Å². The standard InChI is InChI=1S/C13H13BrN2O5/c14-10-4-3-8(6-11(10)16(20)21)12(17)15-5-1-2-9(7-15)13(18)19/h3-4,6,9H,1-2,5,7H2,(H,18,19)/t9-/m1/s1. The monoisotopic (exact) mass is 356 g/mol. The molecule has 0 aliphatic carbocycles. The Bertz CT molecular complexity index is 604. The average molecular weight is 357 g/mol. The number of aliphatic carboxylic acids is 1. The SMILES string of the molecule is O=C(O)[C@@H]1CCCN(C(=O)c2ccc(Br)c([N+](=O)[O-])c2)C1. The molecule has 0 saturated carbocycles. The number of likely N-dealkylation sites (tertiary alicyclic amines) is 1. The fourth-order valence-corrected chi connectivity index (χ4v) is 2.72. The molecule has 1 atom stereocenters. The highest BCUT2D eigenvalue weighted by atomic mass is 79.9. The number of halogens is 1. The summed E-state index contributed by atoms with van der Waals surface area (Å²) in [5.41, 5.74) is 0.00332. The lowest BCUT2D eigenvalue weighted by atomic mass is 9.97. The molecule has 1 fully saturated rings. The van der Waals surface area contributed by atoms with Crippen molar-refractivity contribution in [2.75, 3.05) is 13.1 Å². The molecule has 8 heteroatoms. The molecular formula is C13H13BrN2O5. The number of hydrogen-bond donors (Lipinski definition) is 1. The summed E-state index contributed by atoms with van der Waals surface area (Å²) in [6, 6.07) is 4.14. The molecule has 7 nitrogen and oxygen atoms in total. The summed E-state index contributed by atoms with van der Waals surface area (Å²) in [5.74, 6) is -1.88. The number of carbonyl (C=O) groups is 2. The highest BCUT2D eigenvalue weighted by Gasteiger charge is 2.29. The van der Waals surface area contributed by atoms with Crippen molar-refractivity contribution in [2.45, 2.75) is 12.8 Å². The Morgan fingerprint density at radius 1 is 1.43 bits per heavy atom. The fourth-order valence-electron chi connectivity index (χ4n) is 2.33. The largest absolute Gasteiger partial charge is 0.481 e. The van der Waals surface area contributed by atoms with Crippen LogP contribution in [-0.4, -0.2) is 39.9 Å². The minimum absolute atomic E-state index is 0.137. The number of carboxylic acid groups (broad SMARTS) is 1. The minimum atomic E-state index is -0.922. The van der Waals surface area contributed by atoms with Gasteiger partial charge in [0.25, 0.3) is 11.6 Å². The van der Waals surface area contributed by atoms with Gasteiger partial charge in [0.1, 0.15) is 0 Å². The second-order valence-corrected chi connectivity index (χ2v) is 5.71. The van der Waals surface area contributed by atoms with Gasteiger partial charge in [0, 0.05) is 24.7 Å². The number of carbonyl (C=O) groups excluding carboxylic acids is 1. The summed E-state index contributed by atoms with van der Waals surface area (Å²) in [7, 11) is 0. The number of nitro benzene ring substituents is 1. The van der Waals surface area contributed by atoms with Crippen LogP contribution in [0.2, 0.25) is 0 Å². The van der Waals surface area contributed by atoms with Crippen LogP contribution in [0.25, 0.3) is 0 Å². The predicted octanol–water partition coefficient (Wildman–Crippen LogP) is 2.29. The van der Waals surface area contributed by atoms with E-state index in [-0.39, 0.29) is 23.7 Å². The van der Waals surface area contributed by atoms with Crippen LogP contribution in [0.4, 0.5) is 5.69 Å². The molecule has 0 aromatic heterocycles. The van der Waals surface area contributed by atoms with E-state index in [0.29, 0.717) is 23.9 Å². The average Bonchev–Trinajstić information content (AvgIpc) is 2.46. The second kappa shape index (κ2) is 6.21. The number of nitrogens with zero attached hydrogens (tertiary/aromatic N) is 2. The van der Waals surface area contributed by atoms with E-state index in [2.05, 4.69) is 15.9 Å². The summed E-state index contributed by atoms with van der Waals surface area (Å²) < 4.78 is 0.297. The van der Waals surface area contributed by atoms with Gasteiger partial charge in [-0.2, -0.15) is 0 Å². The molecule has 1 amide bonds. The molecule has 0 radical (unpaired) electrons. The van der Waals surface area contributed by atoms with E-state index in [4.69, 9.17) is 5.11 Å². The van der Waals surface area contributed by atoms with Crippen LogP contribution in [0.15, 0.2) is 22.7 Å². The number of rotatable bonds is 3. The quantitative estimate of drug-likeness (QED) is 0.661. The molecule has 1 aromatic rings. The molecule has 0 unspecified atom stereocenters. The zero-order valence-electron chi connectivity index (χ0n) is 11.0. The Balaban J connectivity index is 2.22. The summed E-state index contributed by atoms with van der Waals surface area (Å²) in [6.07, 6.45) is 1.15. The first-order valence-corrected chi connectivity index (χ1v) is 7.15. The van der Waals surface area contributed by atoms with Crippen LogP contribution in [0.5, 0.6) is 0 Å². The number of hydrogen-bond acceptors (Lipinski definition) is 4. The molecule has 1 aromatic carbocycles. The third-order valence-electron chi connectivity index (χ3n) is 3.45. The molecule has 112 valence electrons. The lowest BCUT2D eigenvalue weighted by Crippen LogP contribution is -2.42. The molecule has 1 aliphatic rings. The zero-order chi connectivity index (χ0) is 15.6. The van der Waals surface area contributed by atoms with Gasteiger partial charge < -0.3 is 10.0 Å². The number of carboxylic acids is 1. The molecule has 1 N–H and O–H groups in total. The number of amides is 1. The molecular weight excluding hydrogens is 344 g/mol. The van der Waals surface area contributed by atoms with Crippen LogP contribution < -0.4 is 0 Å². The second-order valence-electron chi connectivity index (χ2n) is 4.85. The van der Waals surface area contributed by atoms with Gasteiger partial charge in [-0.25, -0.2) is 0 Å². The van der Waals surface area contributed by atoms with Crippen LogP contribution in [0.1, 0.15) is 23.2 Å². The van der Waals surface area contributed by atoms with E-state index in [9.17, 15) is 19.7 Å². The lowest BCUT2D eigenvalue weighted by molar-refractivity contribution is -0.385. The third-order valence-corrected chi connectivity index (χ3v) is 4.12. The van der Waals surface area contributed by atoms with Crippen molar-refractivity contribution in [1.82, 2.24) is 4.90 Å². The van der Waals surface area contributed by atoms with E-state index >= 15 is 0 Å². The molecule has 2 rings (SSSR count). The van der Waals surface area contributed by atoms with E-state index in [0.717, 1.165) is 0 Å². The highest BCUT2D eigenvalue weighted by molar-refractivity contribution is 9.10. The third kappa shape index (κ3) is 3.38. The van der Waals surface area contributed by atoms with Gasteiger partial charge in [0.2, 0.25) is 0 Å². The van der Waals surface area contributed by atoms with E-state index in [1.54, 1.807) is 0 Å². The van der Waals surface area contributed by atoms with Crippen molar-refractivity contribution in [1.29, 1.82) is 0 Å². The van der Waals surface area contributed by atoms with Gasteiger partial charge in [-0.1, -0.05) is 0 Å². The van der Waals surface area contributed by atoms with Gasteiger partial charge in [0.05, 0.1) is 15.3 Å². The smallest absolute Gasteiger partial charge is 0.308 e. The van der Waals surface area contributed by atoms with Crippen molar-refractivity contribution in [2.24, 2.45) is 5.92 Å². The Hall–Kier alpha value is -1.96. The Morgan fingerprint density at radius 3 is 2.76 bits per heavy atom. The number of nitro groups is 1. The van der Waals surface area contributed by atoms with Crippen LogP contribution in [0.3, 0.4) is 0 Å². The summed E-state index contributed by atoms with van der Waals surface area (Å²) >= 11 is 3.06. The predicted molar refractivity (Wildman–Crippen MR) is 77.1 cm³/mol. The van der Waals surface area contributed by atoms with E-state index in [1.807, 2.05) is 0 Å². The van der Waals surface area contributed by atoms with Crippen LogP contribution in [-0.2, 0) is 4.79 Å². The van der Waals surface area contributed by atoms with Crippen molar-refractivity contribution in [3.63, 3.8) is 0 Å². The summed E-state index contributed by atoms with van der Waals surface area (Å²) in [6.45, 7) is 0.602. The lowest BCUT2D eigenvalue weighted by Gasteiger charge is -2.30. The van der Waals surface area contributed by atoms with Gasteiger partial charge in [-0.05, 0) is 40.9 Å². The van der Waals surface area contributed by atoms with Crippen molar-refractivity contribution >= 4 is 33.5 Å². The van der Waals surface area contributed by atoms with Crippen molar-refractivity contribution in [3.05, 3.63) is 38.3 Å². The Kier molecular flexibility index (Phi) is 4.56. The maximum atomic E-state index is 12.3. The number of benzene rings is 1. The fraction of sp³-hybridized carbons (Fsp3) is 0.385. The van der Waals surface area contributed by atoms with E-state index in [1.165, 1.54) is 23.1 Å². The maximum absolute atomic E-state index is 12.3. The van der Waals surface area contributed by atoms with Gasteiger partial charge in [-0.3, -0.25) is 19.7 Å². The summed E-state index contributed by atoms with van der Waals surface area (Å²) in [5, 5.41) is 19.9. The Labute approximate surface area is 128 Å². The molecule has 21 heavy (non-hydrogen) atoms. The normalized spacial score (nSPS) is 18.3. The molecule has 0 bridgehead atoms. The van der Waals surface area contributed by atoms with Crippen LogP contribution >= 0.6 is 15.9 Å². The first kappa shape index (κ1) is 15.4. The van der Waals surface area contributed by atoms with Gasteiger partial charge in [-0.15, -0.1) is 0 Å².